The molecule has 3 rings (SSSR count). The molecule has 6 heteroatoms. The van der Waals surface area contributed by atoms with Crippen molar-refractivity contribution in [3.8, 4) is 5.88 Å². The van der Waals surface area contributed by atoms with Gasteiger partial charge in [0.15, 0.2) is 0 Å². The largest absolute Gasteiger partial charge is 0.480 e. The van der Waals surface area contributed by atoms with Crippen LogP contribution in [0.1, 0.15) is 12.8 Å². The van der Waals surface area contributed by atoms with E-state index in [4.69, 9.17) is 4.74 Å². The van der Waals surface area contributed by atoms with Crippen molar-refractivity contribution in [1.82, 2.24) is 10.3 Å². The summed E-state index contributed by atoms with van der Waals surface area (Å²) < 4.78 is 5.04. The summed E-state index contributed by atoms with van der Waals surface area (Å²) in [6.45, 7) is 0.544. The molecule has 1 saturated carbocycles. The fraction of sp³-hybridized carbons (Fsp3) is 0.438. The van der Waals surface area contributed by atoms with Gasteiger partial charge >= 0.3 is 11.8 Å². The molecule has 22 heavy (non-hydrogen) atoms. The van der Waals surface area contributed by atoms with Gasteiger partial charge in [0.05, 0.1) is 7.11 Å². The highest BCUT2D eigenvalue weighted by atomic mass is 16.5. The Balaban J connectivity index is 1.52. The van der Waals surface area contributed by atoms with Crippen LogP contribution in [0.4, 0.5) is 5.69 Å². The third-order valence-corrected chi connectivity index (χ3v) is 4.36. The summed E-state index contributed by atoms with van der Waals surface area (Å²) in [5.41, 5.74) is 0.382. The van der Waals surface area contributed by atoms with Gasteiger partial charge in [-0.2, -0.15) is 0 Å². The van der Waals surface area contributed by atoms with Crippen molar-refractivity contribution < 1.29 is 14.3 Å². The summed E-state index contributed by atoms with van der Waals surface area (Å²) in [4.78, 5) is 27.8. The van der Waals surface area contributed by atoms with Gasteiger partial charge in [-0.1, -0.05) is 12.2 Å². The normalized spacial score (nSPS) is 25.0. The maximum absolute atomic E-state index is 11.9. The zero-order valence-corrected chi connectivity index (χ0v) is 12.4. The predicted molar refractivity (Wildman–Crippen MR) is 81.3 cm³/mol. The standard InChI is InChI=1S/C16H19N3O3/c1-22-16-13(3-2-6-17-16)19-15(21)14(20)18-9-12-8-10-4-5-11(12)7-10/h2-6,10-12H,7-9H2,1H3,(H,18,20)(H,19,21)/t10-,11+,12-/m1/s1. The molecule has 2 aliphatic carbocycles. The molecule has 0 radical (unpaired) electrons. The van der Waals surface area contributed by atoms with E-state index in [9.17, 15) is 9.59 Å². The van der Waals surface area contributed by atoms with Crippen LogP contribution in [0, 0.1) is 17.8 Å². The van der Waals surface area contributed by atoms with Gasteiger partial charge in [0.25, 0.3) is 0 Å². The van der Waals surface area contributed by atoms with Gasteiger partial charge in [-0.3, -0.25) is 9.59 Å². The third-order valence-electron chi connectivity index (χ3n) is 4.36. The van der Waals surface area contributed by atoms with Crippen LogP contribution in [0.25, 0.3) is 0 Å². The Kier molecular flexibility index (Phi) is 4.09. The molecule has 1 aromatic heterocycles. The predicted octanol–water partition coefficient (Wildman–Crippen LogP) is 1.36. The lowest BCUT2D eigenvalue weighted by molar-refractivity contribution is -0.136. The molecule has 1 heterocycles. The van der Waals surface area contributed by atoms with Crippen molar-refractivity contribution in [2.24, 2.45) is 17.8 Å². The lowest BCUT2D eigenvalue weighted by atomic mass is 9.94. The number of ether oxygens (including phenoxy) is 1. The van der Waals surface area contributed by atoms with Gasteiger partial charge in [0.2, 0.25) is 5.88 Å². The molecule has 0 aliphatic heterocycles. The first kappa shape index (κ1) is 14.6. The van der Waals surface area contributed by atoms with Crippen LogP contribution in [-0.2, 0) is 9.59 Å². The van der Waals surface area contributed by atoms with Crippen LogP contribution in [0.5, 0.6) is 5.88 Å². The topological polar surface area (TPSA) is 80.3 Å². The van der Waals surface area contributed by atoms with Gasteiger partial charge in [-0.15, -0.1) is 0 Å². The van der Waals surface area contributed by atoms with E-state index in [-0.39, 0.29) is 5.88 Å². The van der Waals surface area contributed by atoms with E-state index in [2.05, 4.69) is 27.8 Å². The number of rotatable bonds is 4. The maximum Gasteiger partial charge on any atom is 0.313 e. The quantitative estimate of drug-likeness (QED) is 0.650. The molecule has 116 valence electrons. The van der Waals surface area contributed by atoms with E-state index in [0.29, 0.717) is 30.0 Å². The molecule has 2 bridgehead atoms. The number of hydrogen-bond acceptors (Lipinski definition) is 4. The molecule has 3 atom stereocenters. The zero-order chi connectivity index (χ0) is 15.5. The third kappa shape index (κ3) is 2.95. The highest BCUT2D eigenvalue weighted by Gasteiger charge is 2.35. The Hall–Kier alpha value is -2.37. The highest BCUT2D eigenvalue weighted by Crippen LogP contribution is 2.42. The number of fused-ring (bicyclic) bond motifs is 2. The number of allylic oxidation sites excluding steroid dienone is 2. The molecule has 0 spiro atoms. The monoisotopic (exact) mass is 301 g/mol. The molecule has 0 saturated heterocycles. The molecular formula is C16H19N3O3. The summed E-state index contributed by atoms with van der Waals surface area (Å²) in [6, 6.07) is 3.30. The Morgan fingerprint density at radius 3 is 2.86 bits per heavy atom. The molecule has 1 aromatic rings. The van der Waals surface area contributed by atoms with Gasteiger partial charge in [0, 0.05) is 12.7 Å². The van der Waals surface area contributed by atoms with Gasteiger partial charge in [-0.25, -0.2) is 4.98 Å². The number of amides is 2. The molecule has 2 aliphatic rings. The zero-order valence-electron chi connectivity index (χ0n) is 12.4. The number of hydrogen-bond donors (Lipinski definition) is 2. The van der Waals surface area contributed by atoms with E-state index in [1.54, 1.807) is 18.3 Å². The Labute approximate surface area is 129 Å². The van der Waals surface area contributed by atoms with E-state index in [1.165, 1.54) is 13.5 Å². The fourth-order valence-corrected chi connectivity index (χ4v) is 3.26. The summed E-state index contributed by atoms with van der Waals surface area (Å²) >= 11 is 0. The summed E-state index contributed by atoms with van der Waals surface area (Å²) in [5, 5.41) is 5.24. The second-order valence-electron chi connectivity index (χ2n) is 5.76. The molecule has 1 fully saturated rings. The molecular weight excluding hydrogens is 282 g/mol. The lowest BCUT2D eigenvalue weighted by Crippen LogP contribution is -2.38. The smallest absolute Gasteiger partial charge is 0.313 e. The number of aromatic nitrogens is 1. The second-order valence-corrected chi connectivity index (χ2v) is 5.76. The van der Waals surface area contributed by atoms with E-state index in [0.717, 1.165) is 6.42 Å². The van der Waals surface area contributed by atoms with Crippen molar-refractivity contribution in [3.63, 3.8) is 0 Å². The number of nitrogens with one attached hydrogen (secondary N) is 2. The van der Waals surface area contributed by atoms with Crippen LogP contribution in [0.3, 0.4) is 0 Å². The Bertz CT molecular complexity index is 614. The fourth-order valence-electron chi connectivity index (χ4n) is 3.26. The maximum atomic E-state index is 11.9. The highest BCUT2D eigenvalue weighted by molar-refractivity contribution is 6.39. The number of carbonyl (C=O) groups excluding carboxylic acids is 2. The number of anilines is 1. The molecule has 2 amide bonds. The van der Waals surface area contributed by atoms with E-state index in [1.807, 2.05) is 0 Å². The van der Waals surface area contributed by atoms with Crippen LogP contribution < -0.4 is 15.4 Å². The van der Waals surface area contributed by atoms with Crippen LogP contribution in [0.15, 0.2) is 30.5 Å². The first-order valence-electron chi connectivity index (χ1n) is 7.44. The number of methoxy groups -OCH3 is 1. The lowest BCUT2D eigenvalue weighted by Gasteiger charge is -2.18. The molecule has 2 N–H and O–H groups in total. The molecule has 0 aromatic carbocycles. The van der Waals surface area contributed by atoms with Crippen LogP contribution >= 0.6 is 0 Å². The Morgan fingerprint density at radius 2 is 2.18 bits per heavy atom. The summed E-state index contributed by atoms with van der Waals surface area (Å²) in [7, 11) is 1.46. The average Bonchev–Trinajstić information content (AvgIpc) is 3.15. The Morgan fingerprint density at radius 1 is 1.32 bits per heavy atom. The molecule has 6 nitrogen and oxygen atoms in total. The number of carbonyl (C=O) groups is 2. The van der Waals surface area contributed by atoms with Crippen LogP contribution in [0.2, 0.25) is 0 Å². The van der Waals surface area contributed by atoms with Gasteiger partial charge < -0.3 is 15.4 Å². The number of pyridine rings is 1. The number of nitrogens with zero attached hydrogens (tertiary/aromatic N) is 1. The first-order chi connectivity index (χ1) is 10.7. The average molecular weight is 301 g/mol. The summed E-state index contributed by atoms with van der Waals surface area (Å²) in [6.07, 6.45) is 8.31. The van der Waals surface area contributed by atoms with Crippen molar-refractivity contribution in [2.75, 3.05) is 19.0 Å². The molecule has 0 unspecified atom stereocenters. The van der Waals surface area contributed by atoms with Crippen molar-refractivity contribution >= 4 is 17.5 Å². The first-order valence-corrected chi connectivity index (χ1v) is 7.44. The van der Waals surface area contributed by atoms with Crippen molar-refractivity contribution in [2.45, 2.75) is 12.8 Å². The van der Waals surface area contributed by atoms with E-state index >= 15 is 0 Å². The minimum atomic E-state index is -0.704. The van der Waals surface area contributed by atoms with E-state index < -0.39 is 11.8 Å². The minimum Gasteiger partial charge on any atom is -0.480 e. The minimum absolute atomic E-state index is 0.280. The van der Waals surface area contributed by atoms with Crippen molar-refractivity contribution in [3.05, 3.63) is 30.5 Å². The van der Waals surface area contributed by atoms with Gasteiger partial charge in [-0.05, 0) is 42.7 Å². The SMILES string of the molecule is COc1ncccc1NC(=O)C(=O)NC[C@H]1C[C@@H]2C=C[C@H]1C2. The second kappa shape index (κ2) is 6.17. The van der Waals surface area contributed by atoms with Crippen molar-refractivity contribution in [1.29, 1.82) is 0 Å². The van der Waals surface area contributed by atoms with Crippen LogP contribution in [-0.4, -0.2) is 30.5 Å². The van der Waals surface area contributed by atoms with Gasteiger partial charge in [0.1, 0.15) is 5.69 Å². The summed E-state index contributed by atoms with van der Waals surface area (Å²) in [5.74, 6) is 0.594.